The van der Waals surface area contributed by atoms with Crippen LogP contribution in [0.15, 0.2) is 18.2 Å². The molecule has 0 radical (unpaired) electrons. The van der Waals surface area contributed by atoms with Crippen molar-refractivity contribution in [2.75, 3.05) is 11.9 Å². The van der Waals surface area contributed by atoms with Crippen molar-refractivity contribution in [3.8, 4) is 5.75 Å². The predicted octanol–water partition coefficient (Wildman–Crippen LogP) is 3.42. The molecule has 1 heterocycles. The van der Waals surface area contributed by atoms with Gasteiger partial charge in [0.25, 0.3) is 5.91 Å². The molecule has 6 nitrogen and oxygen atoms in total. The Morgan fingerprint density at radius 3 is 2.70 bits per heavy atom. The van der Waals surface area contributed by atoms with Gasteiger partial charge < -0.3 is 20.1 Å². The van der Waals surface area contributed by atoms with Crippen molar-refractivity contribution in [3.63, 3.8) is 0 Å². The molecule has 0 aliphatic rings. The van der Waals surface area contributed by atoms with Crippen LogP contribution in [0.25, 0.3) is 0 Å². The van der Waals surface area contributed by atoms with Crippen molar-refractivity contribution in [3.05, 3.63) is 45.7 Å². The number of H-pyrrole nitrogens is 1. The zero-order valence-corrected chi connectivity index (χ0v) is 13.7. The number of rotatable bonds is 4. The zero-order valence-electron chi connectivity index (χ0n) is 13.0. The summed E-state index contributed by atoms with van der Waals surface area (Å²) in [7, 11) is 0. The Bertz CT molecular complexity index is 768. The predicted molar refractivity (Wildman–Crippen MR) is 87.3 cm³/mol. The summed E-state index contributed by atoms with van der Waals surface area (Å²) in [5.74, 6) is -1.07. The van der Waals surface area contributed by atoms with Crippen LogP contribution in [0.4, 0.5) is 5.69 Å². The number of aryl methyl sites for hydroxylation is 1. The van der Waals surface area contributed by atoms with Gasteiger partial charge in [-0.1, -0.05) is 11.6 Å². The molecule has 0 aliphatic heterocycles. The molecule has 2 rings (SSSR count). The minimum atomic E-state index is -0.487. The number of phenols is 1. The molecule has 0 unspecified atom stereocenters. The number of anilines is 1. The smallest absolute Gasteiger partial charge is 0.340 e. The molecule has 0 spiro atoms. The number of nitrogens with one attached hydrogen (secondary N) is 2. The largest absolute Gasteiger partial charge is 0.506 e. The minimum absolute atomic E-state index is 0.103. The molecule has 1 aromatic heterocycles. The highest BCUT2D eigenvalue weighted by Crippen LogP contribution is 2.28. The zero-order chi connectivity index (χ0) is 17.1. The Morgan fingerprint density at radius 1 is 1.35 bits per heavy atom. The summed E-state index contributed by atoms with van der Waals surface area (Å²) in [6, 6.07) is 4.33. The van der Waals surface area contributed by atoms with Gasteiger partial charge in [-0.25, -0.2) is 4.79 Å². The van der Waals surface area contributed by atoms with Gasteiger partial charge in [0.2, 0.25) is 0 Å². The van der Waals surface area contributed by atoms with Gasteiger partial charge in [0.1, 0.15) is 11.4 Å². The number of carbonyl (C=O) groups is 2. The number of halogens is 1. The Labute approximate surface area is 138 Å². The molecule has 122 valence electrons. The second-order valence-electron chi connectivity index (χ2n) is 4.96. The molecule has 0 saturated carbocycles. The first-order chi connectivity index (χ1) is 10.8. The Morgan fingerprint density at radius 2 is 2.04 bits per heavy atom. The van der Waals surface area contributed by atoms with Gasteiger partial charge in [-0.3, -0.25) is 4.79 Å². The second kappa shape index (κ2) is 6.75. The molecular weight excluding hydrogens is 320 g/mol. The fraction of sp³-hybridized carbons (Fsp3) is 0.250. The first kappa shape index (κ1) is 16.9. The van der Waals surface area contributed by atoms with Crippen LogP contribution in [0.1, 0.15) is 39.0 Å². The summed E-state index contributed by atoms with van der Waals surface area (Å²) < 4.78 is 4.99. The van der Waals surface area contributed by atoms with Crippen molar-refractivity contribution in [1.29, 1.82) is 0 Å². The van der Waals surface area contributed by atoms with Crippen LogP contribution < -0.4 is 5.32 Å². The summed E-state index contributed by atoms with van der Waals surface area (Å²) in [5, 5.41) is 12.7. The van der Waals surface area contributed by atoms with Crippen LogP contribution in [0, 0.1) is 13.8 Å². The van der Waals surface area contributed by atoms with Crippen LogP contribution in [0.3, 0.4) is 0 Å². The fourth-order valence-corrected chi connectivity index (χ4v) is 2.45. The highest BCUT2D eigenvalue weighted by atomic mass is 35.5. The van der Waals surface area contributed by atoms with E-state index < -0.39 is 11.9 Å². The third kappa shape index (κ3) is 3.48. The number of aromatic nitrogens is 1. The lowest BCUT2D eigenvalue weighted by atomic mass is 10.1. The molecule has 0 aliphatic carbocycles. The van der Waals surface area contributed by atoms with Gasteiger partial charge in [-0.05, 0) is 44.5 Å². The molecular formula is C16H17ClN2O4. The number of phenolic OH excluding ortho intramolecular Hbond substituents is 1. The third-order valence-corrected chi connectivity index (χ3v) is 3.59. The number of hydrogen-bond donors (Lipinski definition) is 3. The first-order valence-electron chi connectivity index (χ1n) is 7.01. The van der Waals surface area contributed by atoms with E-state index in [9.17, 15) is 14.7 Å². The maximum absolute atomic E-state index is 12.4. The van der Waals surface area contributed by atoms with Crippen LogP contribution in [0.2, 0.25) is 5.02 Å². The number of amides is 1. The first-order valence-corrected chi connectivity index (χ1v) is 7.39. The van der Waals surface area contributed by atoms with Crippen LogP contribution in [0.5, 0.6) is 5.75 Å². The monoisotopic (exact) mass is 336 g/mol. The Balaban J connectivity index is 2.32. The summed E-state index contributed by atoms with van der Waals surface area (Å²) >= 11 is 5.85. The van der Waals surface area contributed by atoms with Crippen LogP contribution in [-0.4, -0.2) is 28.6 Å². The van der Waals surface area contributed by atoms with Crippen LogP contribution in [-0.2, 0) is 4.74 Å². The van der Waals surface area contributed by atoms with E-state index in [0.717, 1.165) is 0 Å². The van der Waals surface area contributed by atoms with Crippen molar-refractivity contribution in [2.24, 2.45) is 0 Å². The molecule has 0 bridgehead atoms. The maximum Gasteiger partial charge on any atom is 0.340 e. The summed E-state index contributed by atoms with van der Waals surface area (Å²) in [6.45, 7) is 5.31. The van der Waals surface area contributed by atoms with Gasteiger partial charge >= 0.3 is 5.97 Å². The number of benzene rings is 1. The summed E-state index contributed by atoms with van der Waals surface area (Å²) in [5.41, 5.74) is 1.78. The summed E-state index contributed by atoms with van der Waals surface area (Å²) in [6.07, 6.45) is 0. The lowest BCUT2D eigenvalue weighted by Crippen LogP contribution is -2.14. The maximum atomic E-state index is 12.4. The number of hydrogen-bond acceptors (Lipinski definition) is 4. The SMILES string of the molecule is CCOC(=O)c1c(C)[nH]c(C(=O)Nc2cc(Cl)ccc2O)c1C. The topological polar surface area (TPSA) is 91.4 Å². The molecule has 1 amide bonds. The highest BCUT2D eigenvalue weighted by molar-refractivity contribution is 6.31. The number of aromatic amines is 1. The molecule has 0 saturated heterocycles. The van der Waals surface area contributed by atoms with Gasteiger partial charge in [0.15, 0.2) is 0 Å². The molecule has 7 heteroatoms. The van der Waals surface area contributed by atoms with Crippen molar-refractivity contribution >= 4 is 29.2 Å². The van der Waals surface area contributed by atoms with Gasteiger partial charge in [-0.15, -0.1) is 0 Å². The third-order valence-electron chi connectivity index (χ3n) is 3.35. The second-order valence-corrected chi connectivity index (χ2v) is 5.40. The number of carbonyl (C=O) groups excluding carboxylic acids is 2. The van der Waals surface area contributed by atoms with Crippen molar-refractivity contribution in [1.82, 2.24) is 4.98 Å². The van der Waals surface area contributed by atoms with Crippen molar-refractivity contribution < 1.29 is 19.4 Å². The van der Waals surface area contributed by atoms with E-state index in [0.29, 0.717) is 21.8 Å². The number of esters is 1. The van der Waals surface area contributed by atoms with Gasteiger partial charge in [0, 0.05) is 10.7 Å². The Kier molecular flexibility index (Phi) is 4.95. The average molecular weight is 337 g/mol. The van der Waals surface area contributed by atoms with E-state index in [1.165, 1.54) is 18.2 Å². The number of ether oxygens (including phenoxy) is 1. The van der Waals surface area contributed by atoms with E-state index in [2.05, 4.69) is 10.3 Å². The Hall–Kier alpha value is -2.47. The molecule has 0 atom stereocenters. The van der Waals surface area contributed by atoms with E-state index in [1.54, 1.807) is 20.8 Å². The molecule has 0 fully saturated rings. The fourth-order valence-electron chi connectivity index (χ4n) is 2.28. The normalized spacial score (nSPS) is 10.4. The average Bonchev–Trinajstić information content (AvgIpc) is 2.78. The van der Waals surface area contributed by atoms with E-state index in [-0.39, 0.29) is 23.7 Å². The minimum Gasteiger partial charge on any atom is -0.506 e. The van der Waals surface area contributed by atoms with Crippen molar-refractivity contribution in [2.45, 2.75) is 20.8 Å². The highest BCUT2D eigenvalue weighted by Gasteiger charge is 2.23. The lowest BCUT2D eigenvalue weighted by molar-refractivity contribution is 0.0525. The molecule has 2 aromatic rings. The van der Waals surface area contributed by atoms with E-state index in [1.807, 2.05) is 0 Å². The van der Waals surface area contributed by atoms with E-state index >= 15 is 0 Å². The molecule has 23 heavy (non-hydrogen) atoms. The summed E-state index contributed by atoms with van der Waals surface area (Å²) in [4.78, 5) is 27.2. The lowest BCUT2D eigenvalue weighted by Gasteiger charge is -2.07. The number of aromatic hydroxyl groups is 1. The van der Waals surface area contributed by atoms with E-state index in [4.69, 9.17) is 16.3 Å². The van der Waals surface area contributed by atoms with Gasteiger partial charge in [-0.2, -0.15) is 0 Å². The molecule has 1 aromatic carbocycles. The standard InChI is InChI=1S/C16H17ClN2O4/c1-4-23-16(22)13-8(2)14(18-9(13)3)15(21)19-11-7-10(17)5-6-12(11)20/h5-7,18,20H,4H2,1-3H3,(H,19,21). The van der Waals surface area contributed by atoms with Crippen LogP contribution >= 0.6 is 11.6 Å². The molecule has 3 N–H and O–H groups in total. The quantitative estimate of drug-likeness (QED) is 0.589. The van der Waals surface area contributed by atoms with Gasteiger partial charge in [0.05, 0.1) is 17.9 Å².